The monoisotopic (exact) mass is 232 g/mol. The van der Waals surface area contributed by atoms with Crippen LogP contribution >= 0.6 is 0 Å². The second-order valence-corrected chi connectivity index (χ2v) is 3.92. The zero-order chi connectivity index (χ0) is 12.6. The predicted octanol–water partition coefficient (Wildman–Crippen LogP) is 0.848. The van der Waals surface area contributed by atoms with Crippen LogP contribution < -0.4 is 11.2 Å². The summed E-state index contributed by atoms with van der Waals surface area (Å²) in [4.78, 5) is 24.8. The number of hydrogen-bond donors (Lipinski definition) is 2. The molecular formula is C12H12N2O3. The van der Waals surface area contributed by atoms with Crippen molar-refractivity contribution in [3.63, 3.8) is 0 Å². The molecular weight excluding hydrogens is 220 g/mol. The van der Waals surface area contributed by atoms with Gasteiger partial charge >= 0.3 is 5.69 Å². The first-order chi connectivity index (χ1) is 7.99. The standard InChI is InChI=1S/C12H12N2O3/c1-7-3-4-9(8(2)5-7)14-11(16)6-10(15)13-12(14)17/h3-6,16H,1-2H3,(H,13,15,17). The van der Waals surface area contributed by atoms with Gasteiger partial charge in [0.1, 0.15) is 0 Å². The van der Waals surface area contributed by atoms with Crippen LogP contribution in [0.15, 0.2) is 33.9 Å². The Labute approximate surface area is 97.0 Å². The number of aromatic nitrogens is 2. The molecule has 0 bridgehead atoms. The molecule has 0 unspecified atom stereocenters. The molecule has 0 aliphatic carbocycles. The summed E-state index contributed by atoms with van der Waals surface area (Å²) in [7, 11) is 0. The molecule has 0 fully saturated rings. The van der Waals surface area contributed by atoms with Gasteiger partial charge in [-0.1, -0.05) is 17.7 Å². The molecule has 17 heavy (non-hydrogen) atoms. The Morgan fingerprint density at radius 3 is 2.47 bits per heavy atom. The van der Waals surface area contributed by atoms with Gasteiger partial charge in [0.15, 0.2) is 0 Å². The SMILES string of the molecule is Cc1ccc(-n2c(O)cc(=O)[nH]c2=O)c(C)c1. The highest BCUT2D eigenvalue weighted by molar-refractivity contribution is 5.44. The van der Waals surface area contributed by atoms with E-state index in [1.165, 1.54) is 0 Å². The number of H-pyrrole nitrogens is 1. The fourth-order valence-corrected chi connectivity index (χ4v) is 1.77. The van der Waals surface area contributed by atoms with Crippen LogP contribution in [0.3, 0.4) is 0 Å². The minimum absolute atomic E-state index is 0.370. The smallest absolute Gasteiger partial charge is 0.335 e. The number of aryl methyl sites for hydroxylation is 2. The van der Waals surface area contributed by atoms with Crippen molar-refractivity contribution in [1.29, 1.82) is 0 Å². The number of aromatic amines is 1. The summed E-state index contributed by atoms with van der Waals surface area (Å²) in [5.41, 5.74) is 1.18. The lowest BCUT2D eigenvalue weighted by atomic mass is 10.1. The van der Waals surface area contributed by atoms with Crippen molar-refractivity contribution in [3.05, 3.63) is 56.2 Å². The lowest BCUT2D eigenvalue weighted by Crippen LogP contribution is -2.28. The van der Waals surface area contributed by atoms with E-state index in [4.69, 9.17) is 0 Å². The van der Waals surface area contributed by atoms with Crippen molar-refractivity contribution in [1.82, 2.24) is 9.55 Å². The molecule has 88 valence electrons. The predicted molar refractivity (Wildman–Crippen MR) is 63.8 cm³/mol. The number of hydrogen-bond acceptors (Lipinski definition) is 3. The summed E-state index contributed by atoms with van der Waals surface area (Å²) in [5, 5.41) is 9.66. The van der Waals surface area contributed by atoms with Gasteiger partial charge in [-0.3, -0.25) is 9.78 Å². The summed E-state index contributed by atoms with van der Waals surface area (Å²) in [6.45, 7) is 3.77. The fourth-order valence-electron chi connectivity index (χ4n) is 1.77. The number of rotatable bonds is 1. The second-order valence-electron chi connectivity index (χ2n) is 3.92. The summed E-state index contributed by atoms with van der Waals surface area (Å²) in [6, 6.07) is 6.43. The molecule has 0 aliphatic heterocycles. The number of aromatic hydroxyl groups is 1. The molecule has 2 rings (SSSR count). The van der Waals surface area contributed by atoms with E-state index >= 15 is 0 Å². The van der Waals surface area contributed by atoms with E-state index < -0.39 is 11.2 Å². The molecule has 2 N–H and O–H groups in total. The number of nitrogens with zero attached hydrogens (tertiary/aromatic N) is 1. The minimum atomic E-state index is -0.651. The van der Waals surface area contributed by atoms with Crippen molar-refractivity contribution in [2.45, 2.75) is 13.8 Å². The van der Waals surface area contributed by atoms with Gasteiger partial charge in [-0.2, -0.15) is 0 Å². The van der Waals surface area contributed by atoms with Gasteiger partial charge in [-0.25, -0.2) is 9.36 Å². The Balaban J connectivity index is 2.77. The highest BCUT2D eigenvalue weighted by Crippen LogP contribution is 2.17. The molecule has 0 spiro atoms. The third kappa shape index (κ3) is 1.99. The lowest BCUT2D eigenvalue weighted by Gasteiger charge is -2.10. The largest absolute Gasteiger partial charge is 0.494 e. The van der Waals surface area contributed by atoms with E-state index in [0.717, 1.165) is 21.8 Å². The van der Waals surface area contributed by atoms with E-state index in [1.54, 1.807) is 6.07 Å². The van der Waals surface area contributed by atoms with Crippen LogP contribution in [0, 0.1) is 13.8 Å². The third-order valence-electron chi connectivity index (χ3n) is 2.52. The molecule has 5 heteroatoms. The molecule has 5 nitrogen and oxygen atoms in total. The molecule has 2 aromatic rings. The van der Waals surface area contributed by atoms with Crippen LogP contribution in [0.25, 0.3) is 5.69 Å². The zero-order valence-corrected chi connectivity index (χ0v) is 9.52. The first kappa shape index (κ1) is 11.2. The van der Waals surface area contributed by atoms with Gasteiger partial charge in [0.2, 0.25) is 5.88 Å². The van der Waals surface area contributed by atoms with Gasteiger partial charge in [-0.05, 0) is 25.5 Å². The van der Waals surface area contributed by atoms with Crippen molar-refractivity contribution >= 4 is 0 Å². The van der Waals surface area contributed by atoms with Gasteiger partial charge in [0.05, 0.1) is 11.8 Å². The van der Waals surface area contributed by atoms with Crippen molar-refractivity contribution < 1.29 is 5.11 Å². The van der Waals surface area contributed by atoms with E-state index in [2.05, 4.69) is 4.98 Å². The van der Waals surface area contributed by atoms with Crippen molar-refractivity contribution in [2.24, 2.45) is 0 Å². The molecule has 1 aromatic carbocycles. The average molecular weight is 232 g/mol. The Morgan fingerprint density at radius 1 is 1.18 bits per heavy atom. The Morgan fingerprint density at radius 2 is 1.88 bits per heavy atom. The summed E-state index contributed by atoms with van der Waals surface area (Å²) in [6.07, 6.45) is 0. The zero-order valence-electron chi connectivity index (χ0n) is 9.52. The quantitative estimate of drug-likeness (QED) is 0.765. The van der Waals surface area contributed by atoms with Crippen molar-refractivity contribution in [2.75, 3.05) is 0 Å². The van der Waals surface area contributed by atoms with Gasteiger partial charge in [0, 0.05) is 0 Å². The maximum atomic E-state index is 11.6. The lowest BCUT2D eigenvalue weighted by molar-refractivity contribution is 0.431. The Hall–Kier alpha value is -2.30. The summed E-state index contributed by atoms with van der Waals surface area (Å²) >= 11 is 0. The Bertz CT molecular complexity index is 683. The summed E-state index contributed by atoms with van der Waals surface area (Å²) < 4.78 is 1.07. The highest BCUT2D eigenvalue weighted by atomic mass is 16.3. The van der Waals surface area contributed by atoms with Gasteiger partial charge in [0.25, 0.3) is 5.56 Å². The van der Waals surface area contributed by atoms with Crippen LogP contribution in [-0.4, -0.2) is 14.7 Å². The van der Waals surface area contributed by atoms with E-state index in [1.807, 2.05) is 26.0 Å². The number of nitrogens with one attached hydrogen (secondary N) is 1. The fraction of sp³-hybridized carbons (Fsp3) is 0.167. The third-order valence-corrected chi connectivity index (χ3v) is 2.52. The molecule has 0 aliphatic rings. The van der Waals surface area contributed by atoms with Crippen LogP contribution in [0.2, 0.25) is 0 Å². The van der Waals surface area contributed by atoms with E-state index in [9.17, 15) is 14.7 Å². The molecule has 0 radical (unpaired) electrons. The topological polar surface area (TPSA) is 75.1 Å². The van der Waals surface area contributed by atoms with Crippen LogP contribution in [-0.2, 0) is 0 Å². The molecule has 0 atom stereocenters. The van der Waals surface area contributed by atoms with Gasteiger partial charge < -0.3 is 5.11 Å². The van der Waals surface area contributed by atoms with Crippen molar-refractivity contribution in [3.8, 4) is 11.6 Å². The van der Waals surface area contributed by atoms with Gasteiger partial charge in [-0.15, -0.1) is 0 Å². The molecule has 0 saturated carbocycles. The molecule has 1 heterocycles. The first-order valence-electron chi connectivity index (χ1n) is 5.12. The normalized spacial score (nSPS) is 10.5. The maximum absolute atomic E-state index is 11.6. The minimum Gasteiger partial charge on any atom is -0.494 e. The van der Waals surface area contributed by atoms with E-state index in [-0.39, 0.29) is 5.88 Å². The van der Waals surface area contributed by atoms with E-state index in [0.29, 0.717) is 5.69 Å². The number of benzene rings is 1. The molecule has 0 amide bonds. The van der Waals surface area contributed by atoms with Crippen LogP contribution in [0.5, 0.6) is 5.88 Å². The Kier molecular flexibility index (Phi) is 2.59. The van der Waals surface area contributed by atoms with Crippen LogP contribution in [0.4, 0.5) is 0 Å². The molecule has 1 aromatic heterocycles. The summed E-state index contributed by atoms with van der Waals surface area (Å²) in [5.74, 6) is -0.370. The average Bonchev–Trinajstić information content (AvgIpc) is 2.19. The first-order valence-corrected chi connectivity index (χ1v) is 5.12. The highest BCUT2D eigenvalue weighted by Gasteiger charge is 2.09. The molecule has 0 saturated heterocycles. The van der Waals surface area contributed by atoms with Crippen LogP contribution in [0.1, 0.15) is 11.1 Å². The maximum Gasteiger partial charge on any atom is 0.335 e. The second kappa shape index (κ2) is 3.93.